The molecular formula is C13H11F. The van der Waals surface area contributed by atoms with Crippen molar-refractivity contribution in [1.82, 2.24) is 0 Å². The van der Waals surface area contributed by atoms with Crippen LogP contribution in [0.5, 0.6) is 0 Å². The first-order chi connectivity index (χ1) is 6.83. The summed E-state index contributed by atoms with van der Waals surface area (Å²) in [6.07, 6.45) is 2.30. The van der Waals surface area contributed by atoms with Crippen molar-refractivity contribution in [2.24, 2.45) is 0 Å². The van der Waals surface area contributed by atoms with Crippen LogP contribution in [-0.4, -0.2) is 0 Å². The van der Waals surface area contributed by atoms with E-state index >= 15 is 0 Å². The highest BCUT2D eigenvalue weighted by Crippen LogP contribution is 2.22. The van der Waals surface area contributed by atoms with Crippen LogP contribution in [0.3, 0.4) is 0 Å². The van der Waals surface area contributed by atoms with E-state index in [0.29, 0.717) is 6.42 Å². The summed E-state index contributed by atoms with van der Waals surface area (Å²) in [5.74, 6) is -0.149. The lowest BCUT2D eigenvalue weighted by atomic mass is 10.0. The van der Waals surface area contributed by atoms with Crippen molar-refractivity contribution in [3.8, 4) is 0 Å². The van der Waals surface area contributed by atoms with Gasteiger partial charge in [-0.2, -0.15) is 0 Å². The summed E-state index contributed by atoms with van der Waals surface area (Å²) in [6, 6.07) is 11.1. The van der Waals surface area contributed by atoms with Gasteiger partial charge in [0, 0.05) is 0 Å². The highest BCUT2D eigenvalue weighted by Gasteiger charge is 2.04. The maximum Gasteiger partial charge on any atom is 0.127 e. The molecule has 0 nitrogen and oxygen atoms in total. The molecule has 70 valence electrons. The fourth-order valence-corrected chi connectivity index (χ4v) is 1.66. The minimum Gasteiger partial charge on any atom is -0.207 e. The molecule has 0 saturated heterocycles. The molecule has 0 spiro atoms. The topological polar surface area (TPSA) is 0 Å². The van der Waals surface area contributed by atoms with Gasteiger partial charge in [0.15, 0.2) is 0 Å². The van der Waals surface area contributed by atoms with E-state index in [9.17, 15) is 4.39 Å². The van der Waals surface area contributed by atoms with Crippen molar-refractivity contribution in [3.63, 3.8) is 0 Å². The highest BCUT2D eigenvalue weighted by molar-refractivity contribution is 5.86. The average molecular weight is 186 g/mol. The van der Waals surface area contributed by atoms with Crippen LogP contribution in [0.15, 0.2) is 49.1 Å². The van der Waals surface area contributed by atoms with Gasteiger partial charge in [0.2, 0.25) is 0 Å². The number of halogens is 1. The Hall–Kier alpha value is -1.63. The Balaban J connectivity index is 2.75. The molecule has 2 aromatic rings. The summed E-state index contributed by atoms with van der Waals surface area (Å²) < 4.78 is 13.5. The van der Waals surface area contributed by atoms with Gasteiger partial charge in [0.05, 0.1) is 0 Å². The number of allylic oxidation sites excluding steroid dienone is 1. The molecule has 0 amide bonds. The second-order valence-corrected chi connectivity index (χ2v) is 3.24. The molecule has 0 heterocycles. The molecule has 0 saturated carbocycles. The Labute approximate surface area is 82.7 Å². The molecule has 0 atom stereocenters. The number of fused-ring (bicyclic) bond motifs is 1. The number of benzene rings is 2. The average Bonchev–Trinajstić information content (AvgIpc) is 2.23. The van der Waals surface area contributed by atoms with Crippen molar-refractivity contribution < 1.29 is 4.39 Å². The minimum absolute atomic E-state index is 0.149. The van der Waals surface area contributed by atoms with Crippen molar-refractivity contribution in [1.29, 1.82) is 0 Å². The molecule has 2 rings (SSSR count). The Kier molecular flexibility index (Phi) is 2.32. The van der Waals surface area contributed by atoms with Gasteiger partial charge >= 0.3 is 0 Å². The minimum atomic E-state index is -0.149. The molecule has 0 aliphatic rings. The van der Waals surface area contributed by atoms with E-state index in [-0.39, 0.29) is 5.82 Å². The van der Waals surface area contributed by atoms with Gasteiger partial charge in [-0.05, 0) is 28.8 Å². The predicted molar refractivity (Wildman–Crippen MR) is 57.8 cm³/mol. The SMILES string of the molecule is C=CCc1c(F)ccc2ccccc12. The summed E-state index contributed by atoms with van der Waals surface area (Å²) in [7, 11) is 0. The zero-order valence-electron chi connectivity index (χ0n) is 7.83. The Morgan fingerprint density at radius 1 is 1.14 bits per heavy atom. The third-order valence-electron chi connectivity index (χ3n) is 2.33. The van der Waals surface area contributed by atoms with E-state index in [0.717, 1.165) is 16.3 Å². The zero-order valence-corrected chi connectivity index (χ0v) is 7.83. The second-order valence-electron chi connectivity index (χ2n) is 3.24. The fraction of sp³-hybridized carbons (Fsp3) is 0.0769. The smallest absolute Gasteiger partial charge is 0.127 e. The lowest BCUT2D eigenvalue weighted by Gasteiger charge is -2.05. The molecule has 0 aliphatic heterocycles. The van der Waals surface area contributed by atoms with E-state index in [1.165, 1.54) is 6.07 Å². The van der Waals surface area contributed by atoms with Crippen molar-refractivity contribution >= 4 is 10.8 Å². The van der Waals surface area contributed by atoms with Gasteiger partial charge in [-0.15, -0.1) is 6.58 Å². The van der Waals surface area contributed by atoms with E-state index in [2.05, 4.69) is 6.58 Å². The van der Waals surface area contributed by atoms with Crippen LogP contribution in [0.25, 0.3) is 10.8 Å². The molecular weight excluding hydrogens is 175 g/mol. The Morgan fingerprint density at radius 2 is 1.93 bits per heavy atom. The van der Waals surface area contributed by atoms with Gasteiger partial charge in [-0.3, -0.25) is 0 Å². The van der Waals surface area contributed by atoms with Crippen molar-refractivity contribution in [2.45, 2.75) is 6.42 Å². The van der Waals surface area contributed by atoms with Gasteiger partial charge in [-0.1, -0.05) is 36.4 Å². The first-order valence-corrected chi connectivity index (χ1v) is 4.60. The third-order valence-corrected chi connectivity index (χ3v) is 2.33. The molecule has 1 heteroatoms. The summed E-state index contributed by atoms with van der Waals surface area (Å²) >= 11 is 0. The lowest BCUT2D eigenvalue weighted by Crippen LogP contribution is -1.89. The Bertz CT molecular complexity index is 472. The van der Waals surface area contributed by atoms with Crippen LogP contribution in [0.4, 0.5) is 4.39 Å². The normalized spacial score (nSPS) is 10.4. The monoisotopic (exact) mass is 186 g/mol. The van der Waals surface area contributed by atoms with Crippen LogP contribution < -0.4 is 0 Å². The Morgan fingerprint density at radius 3 is 2.71 bits per heavy atom. The molecule has 14 heavy (non-hydrogen) atoms. The molecule has 0 aliphatic carbocycles. The van der Waals surface area contributed by atoms with Crippen LogP contribution in [0, 0.1) is 5.82 Å². The summed E-state index contributed by atoms with van der Waals surface area (Å²) in [5, 5.41) is 2.05. The van der Waals surface area contributed by atoms with Gasteiger partial charge in [0.1, 0.15) is 5.82 Å². The second kappa shape index (κ2) is 3.62. The molecule has 0 radical (unpaired) electrons. The van der Waals surface area contributed by atoms with Crippen LogP contribution in [-0.2, 0) is 6.42 Å². The lowest BCUT2D eigenvalue weighted by molar-refractivity contribution is 0.617. The van der Waals surface area contributed by atoms with Crippen LogP contribution in [0.2, 0.25) is 0 Å². The first kappa shape index (κ1) is 8.95. The van der Waals surface area contributed by atoms with Crippen LogP contribution >= 0.6 is 0 Å². The zero-order chi connectivity index (χ0) is 9.97. The molecule has 0 unspecified atom stereocenters. The molecule has 2 aromatic carbocycles. The maximum absolute atomic E-state index is 13.5. The number of rotatable bonds is 2. The first-order valence-electron chi connectivity index (χ1n) is 4.60. The van der Waals surface area contributed by atoms with E-state index in [4.69, 9.17) is 0 Å². The van der Waals surface area contributed by atoms with Gasteiger partial charge in [-0.25, -0.2) is 4.39 Å². The molecule has 0 aromatic heterocycles. The standard InChI is InChI=1S/C13H11F/c1-2-5-12-11-7-4-3-6-10(11)8-9-13(12)14/h2-4,6-9H,1,5H2. The fourth-order valence-electron chi connectivity index (χ4n) is 1.66. The van der Waals surface area contributed by atoms with Crippen LogP contribution in [0.1, 0.15) is 5.56 Å². The summed E-state index contributed by atoms with van der Waals surface area (Å²) in [5.41, 5.74) is 0.734. The highest BCUT2D eigenvalue weighted by atomic mass is 19.1. The summed E-state index contributed by atoms with van der Waals surface area (Å²) in [6.45, 7) is 3.64. The van der Waals surface area contributed by atoms with E-state index < -0.39 is 0 Å². The predicted octanol–water partition coefficient (Wildman–Crippen LogP) is 3.71. The third kappa shape index (κ3) is 1.41. The van der Waals surface area contributed by atoms with E-state index in [1.54, 1.807) is 12.1 Å². The summed E-state index contributed by atoms with van der Waals surface area (Å²) in [4.78, 5) is 0. The largest absolute Gasteiger partial charge is 0.207 e. The van der Waals surface area contributed by atoms with E-state index in [1.807, 2.05) is 24.3 Å². The molecule has 0 N–H and O–H groups in total. The van der Waals surface area contributed by atoms with Gasteiger partial charge in [0.25, 0.3) is 0 Å². The number of hydrogen-bond acceptors (Lipinski definition) is 0. The van der Waals surface area contributed by atoms with Gasteiger partial charge < -0.3 is 0 Å². The molecule has 0 fully saturated rings. The number of hydrogen-bond donors (Lipinski definition) is 0. The maximum atomic E-state index is 13.5. The van der Waals surface area contributed by atoms with Crippen molar-refractivity contribution in [2.75, 3.05) is 0 Å². The quantitative estimate of drug-likeness (QED) is 0.627. The molecule has 0 bridgehead atoms. The van der Waals surface area contributed by atoms with Crippen molar-refractivity contribution in [3.05, 3.63) is 60.4 Å².